The van der Waals surface area contributed by atoms with Crippen molar-refractivity contribution in [2.75, 3.05) is 13.7 Å². The predicted octanol–water partition coefficient (Wildman–Crippen LogP) is 1.12. The van der Waals surface area contributed by atoms with Crippen LogP contribution in [0.25, 0.3) is 0 Å². The van der Waals surface area contributed by atoms with Crippen LogP contribution in [0.5, 0.6) is 5.88 Å². The zero-order valence-electron chi connectivity index (χ0n) is 7.08. The summed E-state index contributed by atoms with van der Waals surface area (Å²) >= 11 is 0. The number of pyridine rings is 1. The predicted molar refractivity (Wildman–Crippen MR) is 46.1 cm³/mol. The van der Waals surface area contributed by atoms with Crippen LogP contribution in [0.4, 0.5) is 0 Å². The van der Waals surface area contributed by atoms with Gasteiger partial charge in [-0.05, 0) is 24.6 Å². The van der Waals surface area contributed by atoms with Crippen LogP contribution in [0.1, 0.15) is 18.0 Å². The van der Waals surface area contributed by atoms with Crippen LogP contribution in [-0.2, 0) is 0 Å². The number of nitrogens with zero attached hydrogens (tertiary/aromatic N) is 1. The van der Waals surface area contributed by atoms with E-state index in [4.69, 9.17) is 4.74 Å². The molecule has 0 aromatic carbocycles. The number of ether oxygens (including phenoxy) is 1. The first kappa shape index (κ1) is 7.55. The Morgan fingerprint density at radius 2 is 2.50 bits per heavy atom. The smallest absolute Gasteiger partial charge is 0.213 e. The second kappa shape index (κ2) is 3.11. The van der Waals surface area contributed by atoms with Crippen LogP contribution in [0, 0.1) is 0 Å². The van der Waals surface area contributed by atoms with Crippen molar-refractivity contribution in [1.29, 1.82) is 0 Å². The Morgan fingerprint density at radius 1 is 1.67 bits per heavy atom. The number of aromatic nitrogens is 1. The van der Waals surface area contributed by atoms with Crippen molar-refractivity contribution in [3.63, 3.8) is 0 Å². The van der Waals surface area contributed by atoms with Gasteiger partial charge in [0.2, 0.25) is 5.88 Å². The molecule has 1 N–H and O–H groups in total. The molecule has 3 nitrogen and oxygen atoms in total. The molecule has 0 unspecified atom stereocenters. The molecule has 0 amide bonds. The highest BCUT2D eigenvalue weighted by Crippen LogP contribution is 2.24. The van der Waals surface area contributed by atoms with Gasteiger partial charge in [0.1, 0.15) is 0 Å². The van der Waals surface area contributed by atoms with Crippen LogP contribution < -0.4 is 10.1 Å². The number of hydrogen-bond donors (Lipinski definition) is 1. The van der Waals surface area contributed by atoms with Crippen LogP contribution in [0.2, 0.25) is 0 Å². The lowest BCUT2D eigenvalue weighted by Gasteiger charge is -2.27. The van der Waals surface area contributed by atoms with Gasteiger partial charge < -0.3 is 10.1 Å². The number of nitrogens with one attached hydrogen (secondary N) is 1. The van der Waals surface area contributed by atoms with Gasteiger partial charge in [0.25, 0.3) is 0 Å². The first-order valence-corrected chi connectivity index (χ1v) is 4.13. The Balaban J connectivity index is 2.19. The van der Waals surface area contributed by atoms with Crippen molar-refractivity contribution >= 4 is 0 Å². The molecule has 1 aliphatic heterocycles. The molecule has 2 heterocycles. The average molecular weight is 164 g/mol. The van der Waals surface area contributed by atoms with Gasteiger partial charge in [0, 0.05) is 18.3 Å². The fourth-order valence-corrected chi connectivity index (χ4v) is 1.33. The fourth-order valence-electron chi connectivity index (χ4n) is 1.33. The summed E-state index contributed by atoms with van der Waals surface area (Å²) in [5, 5.41) is 3.33. The second-order valence-electron chi connectivity index (χ2n) is 2.93. The van der Waals surface area contributed by atoms with Gasteiger partial charge in [-0.15, -0.1) is 0 Å². The van der Waals surface area contributed by atoms with Crippen molar-refractivity contribution in [2.45, 2.75) is 12.5 Å². The van der Waals surface area contributed by atoms with E-state index >= 15 is 0 Å². The average Bonchev–Trinajstić information content (AvgIpc) is 2.02. The minimum atomic E-state index is 0.516. The summed E-state index contributed by atoms with van der Waals surface area (Å²) in [5.74, 6) is 0.696. The molecular weight excluding hydrogens is 152 g/mol. The molecule has 1 atom stereocenters. The van der Waals surface area contributed by atoms with E-state index in [1.807, 2.05) is 12.1 Å². The Labute approximate surface area is 71.8 Å². The number of methoxy groups -OCH3 is 1. The van der Waals surface area contributed by atoms with Gasteiger partial charge in [-0.2, -0.15) is 0 Å². The summed E-state index contributed by atoms with van der Waals surface area (Å²) in [5.41, 5.74) is 1.27. The van der Waals surface area contributed by atoms with Gasteiger partial charge in [0.15, 0.2) is 0 Å². The lowest BCUT2D eigenvalue weighted by Crippen LogP contribution is -2.34. The van der Waals surface area contributed by atoms with Crippen LogP contribution in [0.3, 0.4) is 0 Å². The fraction of sp³-hybridized carbons (Fsp3) is 0.444. The second-order valence-corrected chi connectivity index (χ2v) is 2.93. The lowest BCUT2D eigenvalue weighted by atomic mass is 9.99. The van der Waals surface area contributed by atoms with Crippen molar-refractivity contribution in [3.8, 4) is 5.88 Å². The summed E-state index contributed by atoms with van der Waals surface area (Å²) in [6.45, 7) is 1.12. The molecule has 64 valence electrons. The van der Waals surface area contributed by atoms with E-state index in [0.29, 0.717) is 11.9 Å². The molecule has 0 aliphatic carbocycles. The van der Waals surface area contributed by atoms with Crippen molar-refractivity contribution in [3.05, 3.63) is 23.9 Å². The standard InChI is InChI=1S/C9H12N2O/c1-12-9-6-7(2-4-11-9)8-3-5-10-8/h2,4,6,8,10H,3,5H2,1H3/t8-/m1/s1. The third-order valence-corrected chi connectivity index (χ3v) is 2.19. The highest BCUT2D eigenvalue weighted by Gasteiger charge is 2.18. The van der Waals surface area contributed by atoms with E-state index in [1.165, 1.54) is 12.0 Å². The van der Waals surface area contributed by atoms with E-state index < -0.39 is 0 Å². The van der Waals surface area contributed by atoms with Gasteiger partial charge in [-0.1, -0.05) is 0 Å². The number of hydrogen-bond acceptors (Lipinski definition) is 3. The maximum absolute atomic E-state index is 5.03. The first-order chi connectivity index (χ1) is 5.90. The van der Waals surface area contributed by atoms with E-state index in [2.05, 4.69) is 10.3 Å². The summed E-state index contributed by atoms with van der Waals surface area (Å²) in [6, 6.07) is 4.53. The number of rotatable bonds is 2. The van der Waals surface area contributed by atoms with Crippen molar-refractivity contribution < 1.29 is 4.74 Å². The zero-order valence-corrected chi connectivity index (χ0v) is 7.08. The molecule has 2 rings (SSSR count). The molecular formula is C9H12N2O. The molecule has 0 radical (unpaired) electrons. The third kappa shape index (κ3) is 1.28. The Kier molecular flexibility index (Phi) is 1.96. The van der Waals surface area contributed by atoms with E-state index in [1.54, 1.807) is 13.3 Å². The van der Waals surface area contributed by atoms with E-state index in [0.717, 1.165) is 6.54 Å². The summed E-state index contributed by atoms with van der Waals surface area (Å²) in [4.78, 5) is 4.05. The molecule has 1 aromatic heterocycles. The highest BCUT2D eigenvalue weighted by atomic mass is 16.5. The Bertz CT molecular complexity index is 271. The normalized spacial score (nSPS) is 21.6. The lowest BCUT2D eigenvalue weighted by molar-refractivity contribution is 0.373. The molecule has 0 saturated carbocycles. The SMILES string of the molecule is COc1cc([C@H]2CCN2)ccn1. The van der Waals surface area contributed by atoms with Gasteiger partial charge >= 0.3 is 0 Å². The summed E-state index contributed by atoms with van der Waals surface area (Å²) < 4.78 is 5.03. The minimum absolute atomic E-state index is 0.516. The topological polar surface area (TPSA) is 34.1 Å². The van der Waals surface area contributed by atoms with E-state index in [-0.39, 0.29) is 0 Å². The van der Waals surface area contributed by atoms with Gasteiger partial charge in [-0.25, -0.2) is 4.98 Å². The summed E-state index contributed by atoms with van der Waals surface area (Å²) in [6.07, 6.45) is 3.00. The Morgan fingerprint density at radius 3 is 3.08 bits per heavy atom. The molecule has 1 aliphatic rings. The molecule has 1 fully saturated rings. The van der Waals surface area contributed by atoms with Gasteiger partial charge in [-0.3, -0.25) is 0 Å². The van der Waals surface area contributed by atoms with Crippen LogP contribution in [0.15, 0.2) is 18.3 Å². The third-order valence-electron chi connectivity index (χ3n) is 2.19. The van der Waals surface area contributed by atoms with Crippen molar-refractivity contribution in [1.82, 2.24) is 10.3 Å². The maximum atomic E-state index is 5.03. The maximum Gasteiger partial charge on any atom is 0.213 e. The monoisotopic (exact) mass is 164 g/mol. The van der Waals surface area contributed by atoms with Gasteiger partial charge in [0.05, 0.1) is 7.11 Å². The molecule has 1 saturated heterocycles. The van der Waals surface area contributed by atoms with Crippen LogP contribution in [-0.4, -0.2) is 18.6 Å². The van der Waals surface area contributed by atoms with E-state index in [9.17, 15) is 0 Å². The summed E-state index contributed by atoms with van der Waals surface area (Å²) in [7, 11) is 1.64. The molecule has 0 spiro atoms. The quantitative estimate of drug-likeness (QED) is 0.711. The molecule has 12 heavy (non-hydrogen) atoms. The minimum Gasteiger partial charge on any atom is -0.481 e. The zero-order chi connectivity index (χ0) is 8.39. The highest BCUT2D eigenvalue weighted by molar-refractivity contribution is 5.24. The molecule has 1 aromatic rings. The molecule has 3 heteroatoms. The first-order valence-electron chi connectivity index (χ1n) is 4.13. The largest absolute Gasteiger partial charge is 0.481 e. The van der Waals surface area contributed by atoms with Crippen LogP contribution >= 0.6 is 0 Å². The van der Waals surface area contributed by atoms with Crippen molar-refractivity contribution in [2.24, 2.45) is 0 Å². The molecule has 0 bridgehead atoms. The Hall–Kier alpha value is -1.09.